The highest BCUT2D eigenvalue weighted by Gasteiger charge is 2.45. The van der Waals surface area contributed by atoms with Gasteiger partial charge in [-0.2, -0.15) is 0 Å². The summed E-state index contributed by atoms with van der Waals surface area (Å²) in [6.45, 7) is 4.48. The minimum atomic E-state index is -0.405. The summed E-state index contributed by atoms with van der Waals surface area (Å²) in [5, 5.41) is 0. The average Bonchev–Trinajstić information content (AvgIpc) is 3.66. The van der Waals surface area contributed by atoms with Crippen molar-refractivity contribution in [2.45, 2.75) is 122 Å². The number of epoxide rings is 1. The molecule has 0 unspecified atom stereocenters. The zero-order chi connectivity index (χ0) is 24.7. The summed E-state index contributed by atoms with van der Waals surface area (Å²) in [5.74, 6) is 0.929. The minimum absolute atomic E-state index is 0.0286. The first-order valence-corrected chi connectivity index (χ1v) is 14.0. The number of unbranched alkanes of at least 4 members (excludes halogenated alkanes) is 11. The molecule has 35 heavy (non-hydrogen) atoms. The molecule has 1 aromatic carbocycles. The van der Waals surface area contributed by atoms with Crippen molar-refractivity contribution in [1.82, 2.24) is 9.97 Å². The number of aromatic nitrogens is 2. The van der Waals surface area contributed by atoms with E-state index in [1.165, 1.54) is 82.6 Å². The molecule has 3 rings (SSSR count). The molecule has 0 amide bonds. The molecule has 1 aliphatic rings. The quantitative estimate of drug-likeness (QED) is 0.0940. The molecule has 2 atom stereocenters. The lowest BCUT2D eigenvalue weighted by atomic mass is 10.1. The normalized spacial score (nSPS) is 16.9. The van der Waals surface area contributed by atoms with Crippen molar-refractivity contribution in [3.63, 3.8) is 0 Å². The molecular formula is C30H44N2O3. The maximum Gasteiger partial charge on any atom is 0.343 e. The molecule has 1 aliphatic heterocycles. The predicted molar refractivity (Wildman–Crippen MR) is 141 cm³/mol. The summed E-state index contributed by atoms with van der Waals surface area (Å²) < 4.78 is 11.1. The van der Waals surface area contributed by atoms with Crippen molar-refractivity contribution in [3.05, 3.63) is 42.2 Å². The van der Waals surface area contributed by atoms with Crippen molar-refractivity contribution in [2.24, 2.45) is 0 Å². The fraction of sp³-hybridized carbons (Fsp3) is 0.633. The maximum absolute atomic E-state index is 12.4. The fourth-order valence-corrected chi connectivity index (χ4v) is 4.46. The van der Waals surface area contributed by atoms with Crippen molar-refractivity contribution in [2.75, 3.05) is 0 Å². The first kappa shape index (κ1) is 27.3. The lowest BCUT2D eigenvalue weighted by Gasteiger charge is -2.06. The van der Waals surface area contributed by atoms with E-state index >= 15 is 0 Å². The number of nitrogens with zero attached hydrogens (tertiary/aromatic N) is 2. The molecule has 192 valence electrons. The number of rotatable bonds is 18. The summed E-state index contributed by atoms with van der Waals surface area (Å²) in [4.78, 5) is 21.4. The Labute approximate surface area is 212 Å². The first-order chi connectivity index (χ1) is 17.2. The van der Waals surface area contributed by atoms with Crippen LogP contribution in [0, 0.1) is 0 Å². The third-order valence-electron chi connectivity index (χ3n) is 6.76. The summed E-state index contributed by atoms with van der Waals surface area (Å²) in [5.41, 5.74) is 2.10. The van der Waals surface area contributed by atoms with E-state index in [1.54, 1.807) is 12.1 Å². The molecule has 0 radical (unpaired) electrons. The standard InChI is InChI=1S/C30H44N2O3/c1-3-5-7-9-11-12-14-16-24-22-31-29(32-23-24)25-18-20-26(21-19-25)34-30(33)28-27(35-28)17-15-13-10-8-6-4-2/h18-23,27-28H,3-17H2,1-2H3/t27-,28+/m0/s1. The molecule has 1 saturated heterocycles. The van der Waals surface area contributed by atoms with Crippen molar-refractivity contribution < 1.29 is 14.3 Å². The highest BCUT2D eigenvalue weighted by molar-refractivity contribution is 5.80. The van der Waals surface area contributed by atoms with Gasteiger partial charge in [0.05, 0.1) is 6.10 Å². The molecule has 0 bridgehead atoms. The van der Waals surface area contributed by atoms with Gasteiger partial charge in [0, 0.05) is 18.0 Å². The predicted octanol–water partition coefficient (Wildman–Crippen LogP) is 7.86. The fourth-order valence-electron chi connectivity index (χ4n) is 4.46. The van der Waals surface area contributed by atoms with E-state index in [0.29, 0.717) is 11.6 Å². The monoisotopic (exact) mass is 480 g/mol. The molecular weight excluding hydrogens is 436 g/mol. The Hall–Kier alpha value is -2.27. The number of benzene rings is 1. The van der Waals surface area contributed by atoms with E-state index < -0.39 is 6.10 Å². The van der Waals surface area contributed by atoms with Crippen molar-refractivity contribution in [1.29, 1.82) is 0 Å². The van der Waals surface area contributed by atoms with Crippen LogP contribution in [-0.2, 0) is 16.0 Å². The molecule has 2 aromatic rings. The van der Waals surface area contributed by atoms with E-state index in [0.717, 1.165) is 24.8 Å². The number of aryl methyl sites for hydroxylation is 1. The van der Waals surface area contributed by atoms with Crippen LogP contribution in [0.5, 0.6) is 5.75 Å². The molecule has 0 saturated carbocycles. The van der Waals surface area contributed by atoms with Gasteiger partial charge in [-0.25, -0.2) is 14.8 Å². The molecule has 5 nitrogen and oxygen atoms in total. The topological polar surface area (TPSA) is 64.6 Å². The first-order valence-electron chi connectivity index (χ1n) is 14.0. The van der Waals surface area contributed by atoms with Gasteiger partial charge in [-0.1, -0.05) is 90.9 Å². The van der Waals surface area contributed by atoms with Crippen LogP contribution in [0.2, 0.25) is 0 Å². The van der Waals surface area contributed by atoms with Gasteiger partial charge in [-0.3, -0.25) is 0 Å². The molecule has 2 heterocycles. The number of esters is 1. The maximum atomic E-state index is 12.4. The van der Waals surface area contributed by atoms with Gasteiger partial charge in [0.2, 0.25) is 0 Å². The minimum Gasteiger partial charge on any atom is -0.425 e. The molecule has 0 N–H and O–H groups in total. The van der Waals surface area contributed by atoms with Gasteiger partial charge >= 0.3 is 5.97 Å². The van der Waals surface area contributed by atoms with E-state index in [2.05, 4.69) is 23.8 Å². The van der Waals surface area contributed by atoms with Gasteiger partial charge < -0.3 is 9.47 Å². The van der Waals surface area contributed by atoms with Crippen LogP contribution in [0.3, 0.4) is 0 Å². The zero-order valence-corrected chi connectivity index (χ0v) is 21.8. The molecule has 1 aromatic heterocycles. The molecule has 1 fully saturated rings. The number of ether oxygens (including phenoxy) is 2. The molecule has 5 heteroatoms. The number of carbonyl (C=O) groups is 1. The largest absolute Gasteiger partial charge is 0.425 e. The highest BCUT2D eigenvalue weighted by atomic mass is 16.6. The Morgan fingerprint density at radius 2 is 1.37 bits per heavy atom. The van der Waals surface area contributed by atoms with Gasteiger partial charge in [0.25, 0.3) is 0 Å². The van der Waals surface area contributed by atoms with Gasteiger partial charge in [-0.15, -0.1) is 0 Å². The summed E-state index contributed by atoms with van der Waals surface area (Å²) in [7, 11) is 0. The van der Waals surface area contributed by atoms with Crippen LogP contribution >= 0.6 is 0 Å². The Bertz CT molecular complexity index is 851. The third kappa shape index (κ3) is 10.1. The van der Waals surface area contributed by atoms with E-state index in [-0.39, 0.29) is 12.1 Å². The molecule has 0 spiro atoms. The van der Waals surface area contributed by atoms with Crippen LogP contribution in [0.15, 0.2) is 36.7 Å². The van der Waals surface area contributed by atoms with Crippen molar-refractivity contribution >= 4 is 5.97 Å². The second kappa shape index (κ2) is 15.7. The van der Waals surface area contributed by atoms with Crippen LogP contribution in [0.4, 0.5) is 0 Å². The van der Waals surface area contributed by atoms with Crippen LogP contribution in [0.25, 0.3) is 11.4 Å². The van der Waals surface area contributed by atoms with Crippen LogP contribution < -0.4 is 4.74 Å². The average molecular weight is 481 g/mol. The number of hydrogen-bond donors (Lipinski definition) is 0. The van der Waals surface area contributed by atoms with Crippen LogP contribution in [0.1, 0.15) is 109 Å². The number of carbonyl (C=O) groups excluding carboxylic acids is 1. The van der Waals surface area contributed by atoms with E-state index in [1.807, 2.05) is 24.5 Å². The van der Waals surface area contributed by atoms with Gasteiger partial charge in [0.15, 0.2) is 11.9 Å². The Morgan fingerprint density at radius 3 is 2.00 bits per heavy atom. The van der Waals surface area contributed by atoms with E-state index in [4.69, 9.17) is 9.47 Å². The number of hydrogen-bond acceptors (Lipinski definition) is 5. The zero-order valence-electron chi connectivity index (χ0n) is 21.8. The second-order valence-electron chi connectivity index (χ2n) is 9.88. The smallest absolute Gasteiger partial charge is 0.343 e. The Balaban J connectivity index is 1.34. The lowest BCUT2D eigenvalue weighted by molar-refractivity contribution is -0.135. The Kier molecular flexibility index (Phi) is 12.2. The van der Waals surface area contributed by atoms with Crippen molar-refractivity contribution in [3.8, 4) is 17.1 Å². The highest BCUT2D eigenvalue weighted by Crippen LogP contribution is 2.30. The Morgan fingerprint density at radius 1 is 0.800 bits per heavy atom. The SMILES string of the molecule is CCCCCCCCCc1cnc(-c2ccc(OC(=O)[C@@H]3O[C@H]3CCCCCCCC)cc2)nc1. The molecule has 0 aliphatic carbocycles. The second-order valence-corrected chi connectivity index (χ2v) is 9.88. The third-order valence-corrected chi connectivity index (χ3v) is 6.76. The summed E-state index contributed by atoms with van der Waals surface area (Å²) >= 11 is 0. The summed E-state index contributed by atoms with van der Waals surface area (Å²) in [6, 6.07) is 7.40. The summed E-state index contributed by atoms with van der Waals surface area (Å²) in [6.07, 6.45) is 22.1. The van der Waals surface area contributed by atoms with Crippen LogP contribution in [-0.4, -0.2) is 28.1 Å². The van der Waals surface area contributed by atoms with Gasteiger partial charge in [-0.05, 0) is 49.1 Å². The lowest BCUT2D eigenvalue weighted by Crippen LogP contribution is -2.17. The van der Waals surface area contributed by atoms with E-state index in [9.17, 15) is 4.79 Å². The van der Waals surface area contributed by atoms with Gasteiger partial charge in [0.1, 0.15) is 5.75 Å².